The average molecular weight is 256 g/mol. The van der Waals surface area contributed by atoms with E-state index in [0.29, 0.717) is 22.5 Å². The van der Waals surface area contributed by atoms with Gasteiger partial charge in [-0.2, -0.15) is 5.26 Å². The van der Waals surface area contributed by atoms with E-state index in [4.69, 9.17) is 10.4 Å². The molecule has 0 aromatic heterocycles. The number of halogens is 1. The predicted molar refractivity (Wildman–Crippen MR) is 71.5 cm³/mol. The lowest BCUT2D eigenvalue weighted by Crippen LogP contribution is -2.12. The molecule has 0 saturated heterocycles. The summed E-state index contributed by atoms with van der Waals surface area (Å²) in [5.74, 6) is -0.347. The molecule has 1 N–H and O–H groups in total. The first kappa shape index (κ1) is 13.1. The summed E-state index contributed by atoms with van der Waals surface area (Å²) in [5.41, 5.74) is 2.06. The van der Waals surface area contributed by atoms with Gasteiger partial charge in [0.2, 0.25) is 0 Å². The molecule has 0 unspecified atom stereocenters. The Hall–Kier alpha value is -2.38. The van der Waals surface area contributed by atoms with Gasteiger partial charge >= 0.3 is 0 Å². The lowest BCUT2D eigenvalue weighted by molar-refractivity contribution is 0.282. The molecule has 0 heterocycles. The summed E-state index contributed by atoms with van der Waals surface area (Å²) in [4.78, 5) is 1.62. The quantitative estimate of drug-likeness (QED) is 0.918. The van der Waals surface area contributed by atoms with Crippen molar-refractivity contribution in [2.75, 3.05) is 11.9 Å². The summed E-state index contributed by atoms with van der Waals surface area (Å²) in [7, 11) is 1.70. The standard InChI is InChI=1S/C15H13FN2O/c1-18(15-5-3-2-4-13(15)16)14-7-6-11(10-19)8-12(14)9-17/h2-8,19H,10H2,1H3. The first-order valence-corrected chi connectivity index (χ1v) is 5.79. The van der Waals surface area contributed by atoms with E-state index in [-0.39, 0.29) is 12.4 Å². The highest BCUT2D eigenvalue weighted by Crippen LogP contribution is 2.29. The minimum absolute atomic E-state index is 0.127. The van der Waals surface area contributed by atoms with E-state index in [2.05, 4.69) is 6.07 Å². The second-order valence-corrected chi connectivity index (χ2v) is 4.13. The van der Waals surface area contributed by atoms with E-state index in [1.165, 1.54) is 6.07 Å². The molecular weight excluding hydrogens is 243 g/mol. The second kappa shape index (κ2) is 5.51. The highest BCUT2D eigenvalue weighted by Gasteiger charge is 2.12. The largest absolute Gasteiger partial charge is 0.392 e. The van der Waals surface area contributed by atoms with Crippen molar-refractivity contribution >= 4 is 11.4 Å². The second-order valence-electron chi connectivity index (χ2n) is 4.13. The molecule has 3 nitrogen and oxygen atoms in total. The van der Waals surface area contributed by atoms with E-state index in [9.17, 15) is 4.39 Å². The van der Waals surface area contributed by atoms with Crippen molar-refractivity contribution in [2.24, 2.45) is 0 Å². The van der Waals surface area contributed by atoms with Crippen molar-refractivity contribution in [3.05, 3.63) is 59.4 Å². The number of para-hydroxylation sites is 1. The summed E-state index contributed by atoms with van der Waals surface area (Å²) in [5, 5.41) is 18.2. The monoisotopic (exact) mass is 256 g/mol. The maximum Gasteiger partial charge on any atom is 0.146 e. The van der Waals surface area contributed by atoms with Gasteiger partial charge in [0.15, 0.2) is 0 Å². The Balaban J connectivity index is 2.48. The maximum atomic E-state index is 13.7. The minimum atomic E-state index is -0.347. The first-order valence-electron chi connectivity index (χ1n) is 5.79. The van der Waals surface area contributed by atoms with Crippen molar-refractivity contribution in [3.8, 4) is 6.07 Å². The van der Waals surface area contributed by atoms with Gasteiger partial charge < -0.3 is 10.0 Å². The molecule has 0 aliphatic carbocycles. The van der Waals surface area contributed by atoms with Gasteiger partial charge in [0.1, 0.15) is 11.9 Å². The number of nitrogens with zero attached hydrogens (tertiary/aromatic N) is 2. The summed E-state index contributed by atoms with van der Waals surface area (Å²) < 4.78 is 13.7. The van der Waals surface area contributed by atoms with E-state index in [1.54, 1.807) is 48.3 Å². The van der Waals surface area contributed by atoms with Crippen LogP contribution in [0.3, 0.4) is 0 Å². The molecule has 0 fully saturated rings. The van der Waals surface area contributed by atoms with E-state index in [1.807, 2.05) is 0 Å². The van der Waals surface area contributed by atoms with Gasteiger partial charge in [-0.3, -0.25) is 0 Å². The van der Waals surface area contributed by atoms with Crippen LogP contribution in [0.15, 0.2) is 42.5 Å². The van der Waals surface area contributed by atoms with Crippen molar-refractivity contribution < 1.29 is 9.50 Å². The van der Waals surface area contributed by atoms with Gasteiger partial charge in [-0.15, -0.1) is 0 Å². The van der Waals surface area contributed by atoms with Crippen LogP contribution in [0.2, 0.25) is 0 Å². The van der Waals surface area contributed by atoms with Crippen LogP contribution in [0.4, 0.5) is 15.8 Å². The number of anilines is 2. The Morgan fingerprint density at radius 1 is 1.21 bits per heavy atom. The molecule has 0 bridgehead atoms. The molecule has 2 aromatic rings. The van der Waals surface area contributed by atoms with Gasteiger partial charge in [0.05, 0.1) is 23.5 Å². The minimum Gasteiger partial charge on any atom is -0.392 e. The Morgan fingerprint density at radius 3 is 2.58 bits per heavy atom. The van der Waals surface area contributed by atoms with Crippen LogP contribution in [-0.4, -0.2) is 12.2 Å². The van der Waals surface area contributed by atoms with Gasteiger partial charge in [-0.05, 0) is 29.8 Å². The summed E-state index contributed by atoms with van der Waals surface area (Å²) in [6.45, 7) is -0.127. The van der Waals surface area contributed by atoms with Crippen molar-refractivity contribution in [3.63, 3.8) is 0 Å². The third-order valence-corrected chi connectivity index (χ3v) is 2.94. The van der Waals surface area contributed by atoms with Crippen LogP contribution in [-0.2, 0) is 6.61 Å². The van der Waals surface area contributed by atoms with Gasteiger partial charge in [0, 0.05) is 7.05 Å². The SMILES string of the molecule is CN(c1ccccc1F)c1ccc(CO)cc1C#N. The van der Waals surface area contributed by atoms with Gasteiger partial charge in [0.25, 0.3) is 0 Å². The zero-order valence-electron chi connectivity index (χ0n) is 10.5. The Labute approximate surface area is 111 Å². The summed E-state index contributed by atoms with van der Waals surface area (Å²) in [6, 6.07) is 13.5. The van der Waals surface area contributed by atoms with Crippen LogP contribution < -0.4 is 4.90 Å². The normalized spacial score (nSPS) is 10.0. The molecule has 0 aliphatic heterocycles. The van der Waals surface area contributed by atoms with Crippen LogP contribution in [0.25, 0.3) is 0 Å². The number of aliphatic hydroxyl groups excluding tert-OH is 1. The smallest absolute Gasteiger partial charge is 0.146 e. The molecule has 0 atom stereocenters. The molecule has 0 saturated carbocycles. The average Bonchev–Trinajstić information content (AvgIpc) is 2.46. The Bertz CT molecular complexity index is 634. The number of nitriles is 1. The van der Waals surface area contributed by atoms with Gasteiger partial charge in [-0.1, -0.05) is 18.2 Å². The highest BCUT2D eigenvalue weighted by molar-refractivity contribution is 5.69. The Morgan fingerprint density at radius 2 is 1.95 bits per heavy atom. The summed E-state index contributed by atoms with van der Waals surface area (Å²) in [6.07, 6.45) is 0. The van der Waals surface area contributed by atoms with Crippen LogP contribution >= 0.6 is 0 Å². The molecule has 2 aromatic carbocycles. The molecule has 4 heteroatoms. The van der Waals surface area contributed by atoms with Crippen molar-refractivity contribution in [2.45, 2.75) is 6.61 Å². The molecular formula is C15H13FN2O. The molecule has 2 rings (SSSR count). The van der Waals surface area contributed by atoms with Crippen molar-refractivity contribution in [1.29, 1.82) is 5.26 Å². The van der Waals surface area contributed by atoms with E-state index < -0.39 is 0 Å². The number of hydrogen-bond donors (Lipinski definition) is 1. The Kier molecular flexibility index (Phi) is 3.79. The van der Waals surface area contributed by atoms with E-state index >= 15 is 0 Å². The van der Waals surface area contributed by atoms with Crippen LogP contribution in [0.1, 0.15) is 11.1 Å². The fraction of sp³-hybridized carbons (Fsp3) is 0.133. The maximum absolute atomic E-state index is 13.7. The predicted octanol–water partition coefficient (Wildman–Crippen LogP) is 2.96. The number of aliphatic hydroxyl groups is 1. The fourth-order valence-electron chi connectivity index (χ4n) is 1.92. The number of rotatable bonds is 3. The zero-order valence-corrected chi connectivity index (χ0v) is 10.5. The fourth-order valence-corrected chi connectivity index (χ4v) is 1.92. The van der Waals surface area contributed by atoms with Gasteiger partial charge in [-0.25, -0.2) is 4.39 Å². The summed E-state index contributed by atoms with van der Waals surface area (Å²) >= 11 is 0. The van der Waals surface area contributed by atoms with Crippen LogP contribution in [0, 0.1) is 17.1 Å². The van der Waals surface area contributed by atoms with Crippen LogP contribution in [0.5, 0.6) is 0 Å². The number of hydrogen-bond acceptors (Lipinski definition) is 3. The highest BCUT2D eigenvalue weighted by atomic mass is 19.1. The lowest BCUT2D eigenvalue weighted by atomic mass is 10.1. The third kappa shape index (κ3) is 2.56. The lowest BCUT2D eigenvalue weighted by Gasteiger charge is -2.21. The molecule has 0 amide bonds. The van der Waals surface area contributed by atoms with Crippen molar-refractivity contribution in [1.82, 2.24) is 0 Å². The molecule has 96 valence electrons. The molecule has 0 aliphatic rings. The molecule has 0 spiro atoms. The zero-order chi connectivity index (χ0) is 13.8. The topological polar surface area (TPSA) is 47.3 Å². The molecule has 0 radical (unpaired) electrons. The first-order chi connectivity index (χ1) is 9.17. The number of benzene rings is 2. The third-order valence-electron chi connectivity index (χ3n) is 2.94. The van der Waals surface area contributed by atoms with E-state index in [0.717, 1.165) is 0 Å². The molecule has 19 heavy (non-hydrogen) atoms.